The van der Waals surface area contributed by atoms with Gasteiger partial charge in [-0.05, 0) is 33.0 Å². The maximum absolute atomic E-state index is 13.4. The van der Waals surface area contributed by atoms with E-state index in [1.54, 1.807) is 6.07 Å². The highest BCUT2D eigenvalue weighted by molar-refractivity contribution is 5.85. The lowest BCUT2D eigenvalue weighted by Crippen LogP contribution is -2.33. The number of nitrogens with two attached hydrogens (primary N) is 1. The number of likely N-dealkylation sites (N-methyl/N-ethyl adjacent to an activating group) is 1. The van der Waals surface area contributed by atoms with Crippen molar-refractivity contribution < 1.29 is 8.81 Å². The molecule has 0 saturated heterocycles. The van der Waals surface area contributed by atoms with Gasteiger partial charge < -0.3 is 15.1 Å². The Morgan fingerprint density at radius 3 is 2.89 bits per heavy atom. The van der Waals surface area contributed by atoms with E-state index in [0.29, 0.717) is 11.6 Å². The van der Waals surface area contributed by atoms with Crippen LogP contribution in [0.3, 0.4) is 0 Å². The van der Waals surface area contributed by atoms with E-state index in [2.05, 4.69) is 19.0 Å². The SMILES string of the molecule is CN(C)C1CCc2oc3cc(F)c(N)cc3c2C1. The number of benzene rings is 1. The van der Waals surface area contributed by atoms with Gasteiger partial charge >= 0.3 is 0 Å². The minimum absolute atomic E-state index is 0.193. The molecule has 1 aliphatic carbocycles. The highest BCUT2D eigenvalue weighted by atomic mass is 19.1. The summed E-state index contributed by atoms with van der Waals surface area (Å²) in [5, 5.41) is 0.968. The Kier molecular flexibility index (Phi) is 2.55. The Bertz CT molecular complexity index is 603. The molecule has 0 saturated carbocycles. The quantitative estimate of drug-likeness (QED) is 0.789. The lowest BCUT2D eigenvalue weighted by Gasteiger charge is -2.27. The van der Waals surface area contributed by atoms with Gasteiger partial charge in [-0.3, -0.25) is 0 Å². The van der Waals surface area contributed by atoms with E-state index in [0.717, 1.165) is 30.4 Å². The van der Waals surface area contributed by atoms with Crippen LogP contribution in [-0.2, 0) is 12.8 Å². The second-order valence-electron chi connectivity index (χ2n) is 5.23. The number of anilines is 1. The van der Waals surface area contributed by atoms with Crippen molar-refractivity contribution in [2.75, 3.05) is 19.8 Å². The lowest BCUT2D eigenvalue weighted by atomic mass is 9.91. The molecule has 2 N–H and O–H groups in total. The summed E-state index contributed by atoms with van der Waals surface area (Å²) in [6.07, 6.45) is 2.94. The molecule has 18 heavy (non-hydrogen) atoms. The van der Waals surface area contributed by atoms with Crippen LogP contribution in [0.15, 0.2) is 16.5 Å². The van der Waals surface area contributed by atoms with Crippen LogP contribution in [0.5, 0.6) is 0 Å². The van der Waals surface area contributed by atoms with E-state index in [-0.39, 0.29) is 5.69 Å². The van der Waals surface area contributed by atoms with Crippen LogP contribution in [0, 0.1) is 5.82 Å². The van der Waals surface area contributed by atoms with Crippen LogP contribution in [0.1, 0.15) is 17.7 Å². The molecule has 0 fully saturated rings. The summed E-state index contributed by atoms with van der Waals surface area (Å²) >= 11 is 0. The topological polar surface area (TPSA) is 42.4 Å². The highest BCUT2D eigenvalue weighted by Crippen LogP contribution is 2.34. The first-order chi connectivity index (χ1) is 8.56. The van der Waals surface area contributed by atoms with Gasteiger partial charge in [-0.15, -0.1) is 0 Å². The maximum Gasteiger partial charge on any atom is 0.149 e. The molecule has 0 bridgehead atoms. The molecule has 1 aromatic heterocycles. The first kappa shape index (κ1) is 11.5. The molecule has 1 aromatic carbocycles. The van der Waals surface area contributed by atoms with Gasteiger partial charge in [-0.2, -0.15) is 0 Å². The van der Waals surface area contributed by atoms with Gasteiger partial charge in [0, 0.05) is 29.5 Å². The number of furan rings is 1. The molecule has 0 spiro atoms. The largest absolute Gasteiger partial charge is 0.461 e. The van der Waals surface area contributed by atoms with E-state index in [1.807, 2.05) is 0 Å². The zero-order chi connectivity index (χ0) is 12.9. The monoisotopic (exact) mass is 248 g/mol. The number of rotatable bonds is 1. The molecule has 96 valence electrons. The number of hydrogen-bond acceptors (Lipinski definition) is 3. The minimum Gasteiger partial charge on any atom is -0.461 e. The van der Waals surface area contributed by atoms with Crippen LogP contribution in [0.25, 0.3) is 11.0 Å². The van der Waals surface area contributed by atoms with Crippen LogP contribution in [0.4, 0.5) is 10.1 Å². The Hall–Kier alpha value is -1.55. The van der Waals surface area contributed by atoms with Crippen LogP contribution < -0.4 is 5.73 Å². The van der Waals surface area contributed by atoms with Gasteiger partial charge in [0.2, 0.25) is 0 Å². The molecule has 2 aromatic rings. The second kappa shape index (κ2) is 3.99. The van der Waals surface area contributed by atoms with E-state index >= 15 is 0 Å². The number of fused-ring (bicyclic) bond motifs is 3. The summed E-state index contributed by atoms with van der Waals surface area (Å²) in [5.41, 5.74) is 7.65. The fraction of sp³-hybridized carbons (Fsp3) is 0.429. The number of hydrogen-bond donors (Lipinski definition) is 1. The lowest BCUT2D eigenvalue weighted by molar-refractivity contribution is 0.261. The third-order valence-corrected chi connectivity index (χ3v) is 3.87. The molecule has 1 atom stereocenters. The van der Waals surface area contributed by atoms with Crippen LogP contribution >= 0.6 is 0 Å². The standard InChI is InChI=1S/C14H17FN2O/c1-17(2)8-3-4-13-9(5-8)10-6-12(16)11(15)7-14(10)18-13/h6-8H,3-5,16H2,1-2H3. The van der Waals surface area contributed by atoms with Crippen molar-refractivity contribution in [3.05, 3.63) is 29.3 Å². The molecule has 3 rings (SSSR count). The molecule has 1 unspecified atom stereocenters. The summed E-state index contributed by atoms with van der Waals surface area (Å²) in [6, 6.07) is 3.61. The predicted octanol–water partition coefficient (Wildman–Crippen LogP) is 2.57. The highest BCUT2D eigenvalue weighted by Gasteiger charge is 2.25. The fourth-order valence-corrected chi connectivity index (χ4v) is 2.74. The summed E-state index contributed by atoms with van der Waals surface area (Å²) in [6.45, 7) is 0. The average Bonchev–Trinajstić information content (AvgIpc) is 2.66. The van der Waals surface area contributed by atoms with E-state index in [4.69, 9.17) is 10.2 Å². The Balaban J connectivity index is 2.12. The minimum atomic E-state index is -0.405. The van der Waals surface area contributed by atoms with Crippen LogP contribution in [0.2, 0.25) is 0 Å². The van der Waals surface area contributed by atoms with Crippen LogP contribution in [-0.4, -0.2) is 25.0 Å². The Labute approximate surface area is 105 Å². The molecular formula is C14H17FN2O. The summed E-state index contributed by atoms with van der Waals surface area (Å²) < 4.78 is 19.2. The summed E-state index contributed by atoms with van der Waals surface area (Å²) in [5.74, 6) is 0.589. The number of halogens is 1. The molecule has 0 radical (unpaired) electrons. The first-order valence-electron chi connectivity index (χ1n) is 6.22. The zero-order valence-electron chi connectivity index (χ0n) is 10.7. The van der Waals surface area contributed by atoms with Crippen molar-refractivity contribution in [1.29, 1.82) is 0 Å². The van der Waals surface area contributed by atoms with Crippen molar-refractivity contribution >= 4 is 16.7 Å². The van der Waals surface area contributed by atoms with Gasteiger partial charge in [-0.25, -0.2) is 4.39 Å². The van der Waals surface area contributed by atoms with Crippen molar-refractivity contribution in [3.8, 4) is 0 Å². The Morgan fingerprint density at radius 2 is 2.17 bits per heavy atom. The smallest absolute Gasteiger partial charge is 0.149 e. The van der Waals surface area contributed by atoms with Gasteiger partial charge in [0.1, 0.15) is 17.2 Å². The first-order valence-corrected chi connectivity index (χ1v) is 6.22. The van der Waals surface area contributed by atoms with E-state index < -0.39 is 5.82 Å². The molecule has 0 aliphatic heterocycles. The number of nitrogens with zero attached hydrogens (tertiary/aromatic N) is 1. The second-order valence-corrected chi connectivity index (χ2v) is 5.23. The van der Waals surface area contributed by atoms with Crippen molar-refractivity contribution in [2.45, 2.75) is 25.3 Å². The van der Waals surface area contributed by atoms with Gasteiger partial charge in [0.25, 0.3) is 0 Å². The molecular weight excluding hydrogens is 231 g/mol. The van der Waals surface area contributed by atoms with Gasteiger partial charge in [0.05, 0.1) is 5.69 Å². The van der Waals surface area contributed by atoms with E-state index in [1.165, 1.54) is 11.6 Å². The summed E-state index contributed by atoms with van der Waals surface area (Å²) in [7, 11) is 4.18. The van der Waals surface area contributed by atoms with Crippen molar-refractivity contribution in [2.24, 2.45) is 0 Å². The third-order valence-electron chi connectivity index (χ3n) is 3.87. The Morgan fingerprint density at radius 1 is 1.39 bits per heavy atom. The number of nitrogen functional groups attached to an aromatic ring is 1. The number of aryl methyl sites for hydroxylation is 1. The predicted molar refractivity (Wildman–Crippen MR) is 70.1 cm³/mol. The molecule has 4 heteroatoms. The molecule has 1 aliphatic rings. The van der Waals surface area contributed by atoms with Crippen molar-refractivity contribution in [3.63, 3.8) is 0 Å². The maximum atomic E-state index is 13.4. The van der Waals surface area contributed by atoms with Crippen molar-refractivity contribution in [1.82, 2.24) is 4.90 Å². The van der Waals surface area contributed by atoms with Gasteiger partial charge in [-0.1, -0.05) is 0 Å². The molecule has 3 nitrogen and oxygen atoms in total. The fourth-order valence-electron chi connectivity index (χ4n) is 2.74. The van der Waals surface area contributed by atoms with E-state index in [9.17, 15) is 4.39 Å². The summed E-state index contributed by atoms with van der Waals surface area (Å²) in [4.78, 5) is 2.23. The van der Waals surface area contributed by atoms with Gasteiger partial charge in [0.15, 0.2) is 0 Å². The normalized spacial score (nSPS) is 19.4. The molecule has 0 amide bonds. The molecule has 1 heterocycles. The zero-order valence-corrected chi connectivity index (χ0v) is 10.7. The third kappa shape index (κ3) is 1.68. The average molecular weight is 248 g/mol.